The lowest BCUT2D eigenvalue weighted by atomic mass is 10.2. The molecule has 0 saturated carbocycles. The van der Waals surface area contributed by atoms with Crippen molar-refractivity contribution in [3.05, 3.63) is 77.6 Å². The van der Waals surface area contributed by atoms with Crippen molar-refractivity contribution < 1.29 is 4.39 Å². The Bertz CT molecular complexity index is 890. The number of halogens is 1. The molecule has 8 heteroatoms. The standard InChI is InChI=1S/C18H17FN6S/c19-16-10-8-15(9-11-16)13-26-18-24-23-17(25(18)20)22-21-12-4-7-14-5-2-1-3-6-14/h1-12H,13,20H2,(H,22,23)/b7-4+,21-12+. The van der Waals surface area contributed by atoms with Crippen LogP contribution in [0.5, 0.6) is 0 Å². The number of anilines is 1. The van der Waals surface area contributed by atoms with Gasteiger partial charge >= 0.3 is 0 Å². The Morgan fingerprint density at radius 1 is 1.12 bits per heavy atom. The summed E-state index contributed by atoms with van der Waals surface area (Å²) >= 11 is 1.40. The molecule has 0 saturated heterocycles. The van der Waals surface area contributed by atoms with Crippen molar-refractivity contribution in [1.29, 1.82) is 0 Å². The van der Waals surface area contributed by atoms with Crippen molar-refractivity contribution >= 4 is 30.0 Å². The zero-order valence-electron chi connectivity index (χ0n) is 13.8. The number of nitrogens with zero attached hydrogens (tertiary/aromatic N) is 4. The third-order valence-electron chi connectivity index (χ3n) is 3.36. The van der Waals surface area contributed by atoms with Gasteiger partial charge in [0.05, 0.1) is 0 Å². The molecule has 0 spiro atoms. The Balaban J connectivity index is 1.52. The molecule has 26 heavy (non-hydrogen) atoms. The highest BCUT2D eigenvalue weighted by atomic mass is 32.2. The maximum absolute atomic E-state index is 12.9. The molecule has 0 radical (unpaired) electrons. The number of hydrazone groups is 1. The van der Waals surface area contributed by atoms with Gasteiger partial charge in [0.1, 0.15) is 5.82 Å². The van der Waals surface area contributed by atoms with Gasteiger partial charge in [-0.25, -0.2) is 14.5 Å². The molecule has 0 bridgehead atoms. The summed E-state index contributed by atoms with van der Waals surface area (Å²) in [5.74, 6) is 6.64. The van der Waals surface area contributed by atoms with Gasteiger partial charge in [0, 0.05) is 12.0 Å². The molecule has 0 fully saturated rings. The minimum absolute atomic E-state index is 0.258. The molecule has 3 aromatic rings. The monoisotopic (exact) mass is 368 g/mol. The second kappa shape index (κ2) is 8.82. The van der Waals surface area contributed by atoms with Gasteiger partial charge in [-0.2, -0.15) is 5.10 Å². The predicted molar refractivity (Wildman–Crippen MR) is 104 cm³/mol. The normalized spacial score (nSPS) is 11.4. The molecular formula is C18H17FN6S. The molecule has 132 valence electrons. The SMILES string of the molecule is Nn1c(N/N=C/C=C/c2ccccc2)nnc1SCc1ccc(F)cc1. The van der Waals surface area contributed by atoms with Gasteiger partial charge in [0.2, 0.25) is 5.16 Å². The van der Waals surface area contributed by atoms with Crippen molar-refractivity contribution in [2.24, 2.45) is 5.10 Å². The summed E-state index contributed by atoms with van der Waals surface area (Å²) in [7, 11) is 0. The van der Waals surface area contributed by atoms with E-state index in [1.54, 1.807) is 18.3 Å². The summed E-state index contributed by atoms with van der Waals surface area (Å²) in [6.07, 6.45) is 5.35. The van der Waals surface area contributed by atoms with Crippen LogP contribution >= 0.6 is 11.8 Å². The van der Waals surface area contributed by atoms with Crippen LogP contribution in [-0.4, -0.2) is 21.1 Å². The fraction of sp³-hybridized carbons (Fsp3) is 0.0556. The van der Waals surface area contributed by atoms with E-state index in [4.69, 9.17) is 5.84 Å². The molecule has 1 aromatic heterocycles. The van der Waals surface area contributed by atoms with Crippen LogP contribution in [0.1, 0.15) is 11.1 Å². The van der Waals surface area contributed by atoms with Crippen LogP contribution in [0.15, 0.2) is 70.9 Å². The maximum Gasteiger partial charge on any atom is 0.264 e. The minimum Gasteiger partial charge on any atom is -0.334 e. The van der Waals surface area contributed by atoms with E-state index in [1.165, 1.54) is 28.6 Å². The van der Waals surface area contributed by atoms with Gasteiger partial charge in [-0.15, -0.1) is 10.2 Å². The summed E-state index contributed by atoms with van der Waals surface area (Å²) in [6, 6.07) is 16.2. The summed E-state index contributed by atoms with van der Waals surface area (Å²) in [5, 5.41) is 12.6. The Kier molecular flexibility index (Phi) is 6.00. The van der Waals surface area contributed by atoms with Crippen LogP contribution in [0.4, 0.5) is 10.3 Å². The average molecular weight is 368 g/mol. The number of nitrogens with two attached hydrogens (primary N) is 1. The average Bonchev–Trinajstić information content (AvgIpc) is 3.02. The van der Waals surface area contributed by atoms with Gasteiger partial charge < -0.3 is 5.84 Å². The van der Waals surface area contributed by atoms with Crippen LogP contribution in [0, 0.1) is 5.82 Å². The fourth-order valence-corrected chi connectivity index (χ4v) is 2.85. The molecule has 6 nitrogen and oxygen atoms in total. The first-order valence-corrected chi connectivity index (χ1v) is 8.79. The topological polar surface area (TPSA) is 81.1 Å². The molecule has 0 aliphatic carbocycles. The molecule has 2 aromatic carbocycles. The van der Waals surface area contributed by atoms with Crippen molar-refractivity contribution in [2.45, 2.75) is 10.9 Å². The zero-order valence-corrected chi connectivity index (χ0v) is 14.6. The molecule has 3 N–H and O–H groups in total. The van der Waals surface area contributed by atoms with Gasteiger partial charge in [0.15, 0.2) is 0 Å². The zero-order chi connectivity index (χ0) is 18.2. The van der Waals surface area contributed by atoms with E-state index in [1.807, 2.05) is 42.5 Å². The molecule has 0 atom stereocenters. The first-order chi connectivity index (χ1) is 12.7. The smallest absolute Gasteiger partial charge is 0.264 e. The molecule has 0 amide bonds. The first-order valence-electron chi connectivity index (χ1n) is 7.81. The van der Waals surface area contributed by atoms with Crippen LogP contribution < -0.4 is 11.3 Å². The van der Waals surface area contributed by atoms with Crippen LogP contribution in [0.25, 0.3) is 6.08 Å². The number of aromatic nitrogens is 3. The molecular weight excluding hydrogens is 351 g/mol. The lowest BCUT2D eigenvalue weighted by molar-refractivity contribution is 0.627. The maximum atomic E-state index is 12.9. The van der Waals surface area contributed by atoms with E-state index in [-0.39, 0.29) is 5.82 Å². The number of allylic oxidation sites excluding steroid dienone is 1. The van der Waals surface area contributed by atoms with Crippen molar-refractivity contribution in [3.8, 4) is 0 Å². The lowest BCUT2D eigenvalue weighted by Crippen LogP contribution is -2.13. The van der Waals surface area contributed by atoms with Gasteiger partial charge in [-0.1, -0.05) is 60.3 Å². The Labute approximate surface area is 154 Å². The quantitative estimate of drug-likeness (QED) is 0.289. The largest absolute Gasteiger partial charge is 0.334 e. The molecule has 3 rings (SSSR count). The van der Waals surface area contributed by atoms with E-state index in [9.17, 15) is 4.39 Å². The molecule has 0 aliphatic rings. The number of hydrogen-bond donors (Lipinski definition) is 2. The number of thioether (sulfide) groups is 1. The lowest BCUT2D eigenvalue weighted by Gasteiger charge is -2.03. The summed E-state index contributed by atoms with van der Waals surface area (Å²) < 4.78 is 14.2. The van der Waals surface area contributed by atoms with Crippen molar-refractivity contribution in [2.75, 3.05) is 11.3 Å². The second-order valence-electron chi connectivity index (χ2n) is 5.25. The van der Waals surface area contributed by atoms with E-state index in [0.717, 1.165) is 11.1 Å². The Morgan fingerprint density at radius 2 is 1.88 bits per heavy atom. The van der Waals surface area contributed by atoms with Crippen LogP contribution in [0.3, 0.4) is 0 Å². The third-order valence-corrected chi connectivity index (χ3v) is 4.37. The summed E-state index contributed by atoms with van der Waals surface area (Å²) in [5.41, 5.74) is 4.80. The number of nitrogen functional groups attached to an aromatic ring is 1. The number of nitrogens with one attached hydrogen (secondary N) is 1. The Morgan fingerprint density at radius 3 is 2.65 bits per heavy atom. The number of rotatable bonds is 7. The number of benzene rings is 2. The highest BCUT2D eigenvalue weighted by Crippen LogP contribution is 2.21. The van der Waals surface area contributed by atoms with E-state index >= 15 is 0 Å². The summed E-state index contributed by atoms with van der Waals surface area (Å²) in [6.45, 7) is 0. The second-order valence-corrected chi connectivity index (χ2v) is 6.19. The van der Waals surface area contributed by atoms with Crippen LogP contribution in [0.2, 0.25) is 0 Å². The summed E-state index contributed by atoms with van der Waals surface area (Å²) in [4.78, 5) is 0. The van der Waals surface area contributed by atoms with Gasteiger partial charge in [0.25, 0.3) is 5.95 Å². The van der Waals surface area contributed by atoms with Gasteiger partial charge in [-0.3, -0.25) is 0 Å². The van der Waals surface area contributed by atoms with Crippen LogP contribution in [-0.2, 0) is 5.75 Å². The first kappa shape index (κ1) is 17.7. The minimum atomic E-state index is -0.258. The molecule has 0 aliphatic heterocycles. The molecule has 1 heterocycles. The Hall–Kier alpha value is -3.13. The van der Waals surface area contributed by atoms with Crippen molar-refractivity contribution in [1.82, 2.24) is 14.9 Å². The van der Waals surface area contributed by atoms with E-state index < -0.39 is 0 Å². The highest BCUT2D eigenvalue weighted by molar-refractivity contribution is 7.98. The third kappa shape index (κ3) is 4.93. The highest BCUT2D eigenvalue weighted by Gasteiger charge is 2.09. The van der Waals surface area contributed by atoms with E-state index in [2.05, 4.69) is 20.7 Å². The van der Waals surface area contributed by atoms with Crippen molar-refractivity contribution in [3.63, 3.8) is 0 Å². The predicted octanol–water partition coefficient (Wildman–Crippen LogP) is 3.53. The van der Waals surface area contributed by atoms with E-state index in [0.29, 0.717) is 16.9 Å². The van der Waals surface area contributed by atoms with Gasteiger partial charge in [-0.05, 0) is 29.3 Å². The number of hydrogen-bond acceptors (Lipinski definition) is 6. The molecule has 0 unspecified atom stereocenters. The fourth-order valence-electron chi connectivity index (χ4n) is 2.04.